The fourth-order valence-electron chi connectivity index (χ4n) is 1.59. The van der Waals surface area contributed by atoms with Crippen LogP contribution in [0.1, 0.15) is 37.4 Å². The minimum absolute atomic E-state index is 0.271. The smallest absolute Gasteiger partial charge is 0.223 e. The minimum atomic E-state index is 0.271. The van der Waals surface area contributed by atoms with Gasteiger partial charge in [-0.2, -0.15) is 4.98 Å². The molecule has 0 aliphatic carbocycles. The Hall–Kier alpha value is -1.41. The number of hydrogen-bond donors (Lipinski definition) is 1. The SMILES string of the molecule is Cc1nc(CSc2nnc(CN)n2C(C)C)no1. The summed E-state index contributed by atoms with van der Waals surface area (Å²) in [7, 11) is 0. The van der Waals surface area contributed by atoms with E-state index < -0.39 is 0 Å². The number of hydrogen-bond acceptors (Lipinski definition) is 7. The van der Waals surface area contributed by atoms with Crippen molar-refractivity contribution in [3.05, 3.63) is 17.5 Å². The number of thioether (sulfide) groups is 1. The van der Waals surface area contributed by atoms with Gasteiger partial charge in [0.15, 0.2) is 11.0 Å². The molecule has 2 aromatic heterocycles. The third-order valence-corrected chi connectivity index (χ3v) is 3.27. The molecule has 0 spiro atoms. The Bertz CT molecular complexity index is 520. The highest BCUT2D eigenvalue weighted by molar-refractivity contribution is 7.98. The number of aryl methyl sites for hydroxylation is 1. The van der Waals surface area contributed by atoms with Gasteiger partial charge < -0.3 is 14.8 Å². The average Bonchev–Trinajstić information content (AvgIpc) is 2.92. The molecule has 98 valence electrons. The van der Waals surface area contributed by atoms with Crippen LogP contribution in [0.5, 0.6) is 0 Å². The lowest BCUT2D eigenvalue weighted by atomic mass is 10.4. The van der Waals surface area contributed by atoms with Crippen molar-refractivity contribution in [2.75, 3.05) is 0 Å². The van der Waals surface area contributed by atoms with E-state index in [0.29, 0.717) is 24.0 Å². The number of aromatic nitrogens is 5. The van der Waals surface area contributed by atoms with E-state index >= 15 is 0 Å². The molecule has 0 aliphatic heterocycles. The molecule has 0 fully saturated rings. The van der Waals surface area contributed by atoms with Crippen LogP contribution in [0, 0.1) is 6.92 Å². The zero-order valence-electron chi connectivity index (χ0n) is 10.6. The highest BCUT2D eigenvalue weighted by Crippen LogP contribution is 2.23. The van der Waals surface area contributed by atoms with Crippen LogP contribution in [0.4, 0.5) is 0 Å². The van der Waals surface area contributed by atoms with E-state index in [4.69, 9.17) is 10.3 Å². The van der Waals surface area contributed by atoms with Crippen molar-refractivity contribution in [1.82, 2.24) is 24.9 Å². The van der Waals surface area contributed by atoms with Gasteiger partial charge in [-0.05, 0) is 13.8 Å². The summed E-state index contributed by atoms with van der Waals surface area (Å²) < 4.78 is 6.95. The third kappa shape index (κ3) is 2.70. The molecule has 8 heteroatoms. The summed E-state index contributed by atoms with van der Waals surface area (Å²) in [5.74, 6) is 2.62. The maximum atomic E-state index is 5.64. The molecule has 0 radical (unpaired) electrons. The molecule has 0 unspecified atom stereocenters. The normalized spacial score (nSPS) is 11.4. The summed E-state index contributed by atoms with van der Waals surface area (Å²) in [5, 5.41) is 12.9. The van der Waals surface area contributed by atoms with Crippen LogP contribution in [0.15, 0.2) is 9.68 Å². The number of nitrogens with two attached hydrogens (primary N) is 1. The van der Waals surface area contributed by atoms with E-state index in [1.54, 1.807) is 6.92 Å². The fraction of sp³-hybridized carbons (Fsp3) is 0.600. The van der Waals surface area contributed by atoms with Crippen molar-refractivity contribution >= 4 is 11.8 Å². The molecule has 7 nitrogen and oxygen atoms in total. The molecule has 2 aromatic rings. The van der Waals surface area contributed by atoms with Crippen LogP contribution >= 0.6 is 11.8 Å². The molecule has 0 bridgehead atoms. The van der Waals surface area contributed by atoms with Gasteiger partial charge in [-0.1, -0.05) is 16.9 Å². The first-order chi connectivity index (χ1) is 8.61. The molecule has 0 aromatic carbocycles. The Morgan fingerprint density at radius 2 is 2.17 bits per heavy atom. The maximum absolute atomic E-state index is 5.64. The van der Waals surface area contributed by atoms with Gasteiger partial charge >= 0.3 is 0 Å². The van der Waals surface area contributed by atoms with Crippen LogP contribution in [0.25, 0.3) is 0 Å². The molecule has 2 N–H and O–H groups in total. The number of nitrogens with zero attached hydrogens (tertiary/aromatic N) is 5. The first kappa shape index (κ1) is 13.0. The van der Waals surface area contributed by atoms with E-state index in [1.165, 1.54) is 11.8 Å². The van der Waals surface area contributed by atoms with Crippen LogP contribution in [0.2, 0.25) is 0 Å². The number of rotatable bonds is 5. The van der Waals surface area contributed by atoms with E-state index in [2.05, 4.69) is 34.2 Å². The standard InChI is InChI=1S/C10H16N6OS/c1-6(2)16-9(4-11)13-14-10(16)18-5-8-12-7(3)17-15-8/h6H,4-5,11H2,1-3H3. The molecular formula is C10H16N6OS. The summed E-state index contributed by atoms with van der Waals surface area (Å²) in [6.45, 7) is 6.30. The van der Waals surface area contributed by atoms with Gasteiger partial charge in [0.25, 0.3) is 0 Å². The molecule has 0 amide bonds. The van der Waals surface area contributed by atoms with Gasteiger partial charge in [0.05, 0.1) is 12.3 Å². The van der Waals surface area contributed by atoms with Gasteiger partial charge in [-0.25, -0.2) is 0 Å². The summed E-state index contributed by atoms with van der Waals surface area (Å²) in [4.78, 5) is 4.15. The van der Waals surface area contributed by atoms with Crippen LogP contribution in [-0.2, 0) is 12.3 Å². The fourth-order valence-corrected chi connectivity index (χ4v) is 2.52. The van der Waals surface area contributed by atoms with Gasteiger partial charge in [-0.3, -0.25) is 0 Å². The van der Waals surface area contributed by atoms with E-state index in [-0.39, 0.29) is 6.04 Å². The molecule has 18 heavy (non-hydrogen) atoms. The topological polar surface area (TPSA) is 95.7 Å². The van der Waals surface area contributed by atoms with Gasteiger partial charge in [-0.15, -0.1) is 10.2 Å². The van der Waals surface area contributed by atoms with Crippen molar-refractivity contribution in [3.8, 4) is 0 Å². The molecule has 0 atom stereocenters. The Labute approximate surface area is 109 Å². The average molecular weight is 268 g/mol. The molecular weight excluding hydrogens is 252 g/mol. The zero-order valence-corrected chi connectivity index (χ0v) is 11.4. The van der Waals surface area contributed by atoms with Crippen molar-refractivity contribution in [2.45, 2.75) is 44.3 Å². The van der Waals surface area contributed by atoms with Gasteiger partial charge in [0, 0.05) is 13.0 Å². The summed E-state index contributed by atoms with van der Waals surface area (Å²) in [6, 6.07) is 0.271. The molecule has 0 aliphatic rings. The lowest BCUT2D eigenvalue weighted by Crippen LogP contribution is -2.11. The Morgan fingerprint density at radius 3 is 2.72 bits per heavy atom. The van der Waals surface area contributed by atoms with Crippen molar-refractivity contribution in [1.29, 1.82) is 0 Å². The molecule has 0 saturated carbocycles. The van der Waals surface area contributed by atoms with Crippen molar-refractivity contribution < 1.29 is 4.52 Å². The maximum Gasteiger partial charge on any atom is 0.223 e. The first-order valence-corrected chi connectivity index (χ1v) is 6.66. The Kier molecular flexibility index (Phi) is 3.97. The monoisotopic (exact) mass is 268 g/mol. The van der Waals surface area contributed by atoms with Crippen LogP contribution in [-0.4, -0.2) is 24.9 Å². The van der Waals surface area contributed by atoms with Crippen LogP contribution in [0.3, 0.4) is 0 Å². The highest BCUT2D eigenvalue weighted by atomic mass is 32.2. The second kappa shape index (κ2) is 5.49. The van der Waals surface area contributed by atoms with Crippen molar-refractivity contribution in [3.63, 3.8) is 0 Å². The molecule has 2 heterocycles. The third-order valence-electron chi connectivity index (χ3n) is 2.33. The molecule has 2 rings (SSSR count). The molecule has 0 saturated heterocycles. The second-order valence-corrected chi connectivity index (χ2v) is 5.03. The zero-order chi connectivity index (χ0) is 13.1. The quantitative estimate of drug-likeness (QED) is 0.816. The summed E-state index contributed by atoms with van der Waals surface area (Å²) in [5.41, 5.74) is 5.64. The van der Waals surface area contributed by atoms with Crippen LogP contribution < -0.4 is 5.73 Å². The van der Waals surface area contributed by atoms with Gasteiger partial charge in [0.2, 0.25) is 5.89 Å². The van der Waals surface area contributed by atoms with E-state index in [0.717, 1.165) is 11.0 Å². The first-order valence-electron chi connectivity index (χ1n) is 5.67. The summed E-state index contributed by atoms with van der Waals surface area (Å²) in [6.07, 6.45) is 0. The van der Waals surface area contributed by atoms with Gasteiger partial charge in [0.1, 0.15) is 5.82 Å². The van der Waals surface area contributed by atoms with E-state index in [9.17, 15) is 0 Å². The summed E-state index contributed by atoms with van der Waals surface area (Å²) >= 11 is 1.53. The van der Waals surface area contributed by atoms with Crippen molar-refractivity contribution in [2.24, 2.45) is 5.73 Å². The Balaban J connectivity index is 2.11. The second-order valence-electron chi connectivity index (χ2n) is 4.08. The largest absolute Gasteiger partial charge is 0.340 e. The minimum Gasteiger partial charge on any atom is -0.340 e. The predicted molar refractivity (Wildman–Crippen MR) is 66.9 cm³/mol. The lowest BCUT2D eigenvalue weighted by molar-refractivity contribution is 0.389. The highest BCUT2D eigenvalue weighted by Gasteiger charge is 2.15. The Morgan fingerprint density at radius 1 is 1.39 bits per heavy atom. The lowest BCUT2D eigenvalue weighted by Gasteiger charge is -2.12. The van der Waals surface area contributed by atoms with E-state index in [1.807, 2.05) is 4.57 Å². The predicted octanol–water partition coefficient (Wildman–Crippen LogP) is 1.30.